The quantitative estimate of drug-likeness (QED) is 0.655. The number of amides is 1. The molecule has 146 valence electrons. The Labute approximate surface area is 164 Å². The number of hydrogen-bond acceptors (Lipinski definition) is 8. The predicted octanol–water partition coefficient (Wildman–Crippen LogP) is 2.18. The number of nitrogens with two attached hydrogens (primary N) is 1. The maximum Gasteiger partial charge on any atom is 0.281 e. The summed E-state index contributed by atoms with van der Waals surface area (Å²) >= 11 is 1.32. The molecule has 0 saturated heterocycles. The number of hydrogen-bond donors (Lipinski definition) is 3. The third-order valence-corrected chi connectivity index (χ3v) is 5.91. The highest BCUT2D eigenvalue weighted by Crippen LogP contribution is 2.40. The van der Waals surface area contributed by atoms with Crippen LogP contribution in [0.2, 0.25) is 0 Å². The van der Waals surface area contributed by atoms with E-state index in [1.165, 1.54) is 18.3 Å². The Hall–Kier alpha value is -3.03. The molecule has 1 aliphatic rings. The van der Waals surface area contributed by atoms with Crippen molar-refractivity contribution >= 4 is 27.9 Å². The fourth-order valence-electron chi connectivity index (χ4n) is 3.34. The van der Waals surface area contributed by atoms with E-state index in [0.29, 0.717) is 10.6 Å². The number of nitrogens with zero attached hydrogens (tertiary/aromatic N) is 4. The Bertz CT molecular complexity index is 1080. The van der Waals surface area contributed by atoms with Crippen LogP contribution in [0.5, 0.6) is 5.88 Å². The van der Waals surface area contributed by atoms with Crippen LogP contribution in [-0.4, -0.2) is 27.3 Å². The number of aliphatic hydroxyl groups excluding tert-OH is 1. The Morgan fingerprint density at radius 2 is 2.07 bits per heavy atom. The van der Waals surface area contributed by atoms with Crippen molar-refractivity contribution < 1.29 is 15.0 Å². The molecule has 0 aliphatic heterocycles. The fourth-order valence-corrected chi connectivity index (χ4v) is 4.55. The molecule has 0 saturated carbocycles. The molecule has 1 aliphatic carbocycles. The SMILES string of the molecule is Cc1c(C#N)c(O)n(CCO)c(=O)c1N=Nc1sc2c(c1C(N)=O)CCCC2. The standard InChI is InChI=1S/C18H19N5O4S/c1-9-11(8-19)17(26)23(6-7-24)18(27)14(9)21-22-16-13(15(20)25)10-4-2-3-5-12(10)28-16/h24,26H,2-7H2,1H3,(H2,20,25). The van der Waals surface area contributed by atoms with Gasteiger partial charge in [-0.1, -0.05) is 0 Å². The van der Waals surface area contributed by atoms with Gasteiger partial charge in [0.25, 0.3) is 11.5 Å². The van der Waals surface area contributed by atoms with Crippen molar-refractivity contribution in [3.63, 3.8) is 0 Å². The first-order chi connectivity index (χ1) is 13.4. The van der Waals surface area contributed by atoms with Crippen molar-refractivity contribution in [2.45, 2.75) is 39.2 Å². The predicted molar refractivity (Wildman–Crippen MR) is 103 cm³/mol. The van der Waals surface area contributed by atoms with Gasteiger partial charge in [-0.3, -0.25) is 14.2 Å². The number of nitriles is 1. The lowest BCUT2D eigenvalue weighted by molar-refractivity contribution is 0.1000. The first kappa shape index (κ1) is 19.7. The Kier molecular flexibility index (Phi) is 5.58. The van der Waals surface area contributed by atoms with Crippen molar-refractivity contribution in [2.75, 3.05) is 6.61 Å². The number of carbonyl (C=O) groups excluding carboxylic acids is 1. The molecule has 28 heavy (non-hydrogen) atoms. The Morgan fingerprint density at radius 1 is 1.36 bits per heavy atom. The molecule has 4 N–H and O–H groups in total. The van der Waals surface area contributed by atoms with Crippen molar-refractivity contribution in [3.8, 4) is 11.9 Å². The number of pyridine rings is 1. The zero-order valence-corrected chi connectivity index (χ0v) is 16.0. The van der Waals surface area contributed by atoms with Crippen LogP contribution < -0.4 is 11.3 Å². The minimum Gasteiger partial charge on any atom is -0.493 e. The van der Waals surface area contributed by atoms with Crippen LogP contribution in [-0.2, 0) is 19.4 Å². The molecule has 2 aromatic heterocycles. The van der Waals surface area contributed by atoms with Crippen LogP contribution in [0, 0.1) is 18.3 Å². The van der Waals surface area contributed by atoms with E-state index in [-0.39, 0.29) is 23.4 Å². The first-order valence-electron chi connectivity index (χ1n) is 8.74. The molecule has 0 atom stereocenters. The summed E-state index contributed by atoms with van der Waals surface area (Å²) in [6.07, 6.45) is 3.58. The summed E-state index contributed by atoms with van der Waals surface area (Å²) in [5, 5.41) is 37.0. The summed E-state index contributed by atoms with van der Waals surface area (Å²) in [6, 6.07) is 1.83. The normalized spacial score (nSPS) is 13.5. The second kappa shape index (κ2) is 7.92. The van der Waals surface area contributed by atoms with Gasteiger partial charge in [0.15, 0.2) is 10.7 Å². The van der Waals surface area contributed by atoms with Gasteiger partial charge in [-0.2, -0.15) is 5.26 Å². The zero-order chi connectivity index (χ0) is 20.4. The number of azo groups is 1. The summed E-state index contributed by atoms with van der Waals surface area (Å²) in [4.78, 5) is 25.6. The van der Waals surface area contributed by atoms with E-state index in [4.69, 9.17) is 10.8 Å². The average molecular weight is 401 g/mol. The lowest BCUT2D eigenvalue weighted by atomic mass is 9.95. The fraction of sp³-hybridized carbons (Fsp3) is 0.389. The van der Waals surface area contributed by atoms with Gasteiger partial charge in [0.2, 0.25) is 5.88 Å². The maximum atomic E-state index is 12.6. The van der Waals surface area contributed by atoms with E-state index >= 15 is 0 Å². The maximum absolute atomic E-state index is 12.6. The highest BCUT2D eigenvalue weighted by molar-refractivity contribution is 7.16. The van der Waals surface area contributed by atoms with Gasteiger partial charge in [0.05, 0.1) is 18.7 Å². The molecule has 0 spiro atoms. The number of fused-ring (bicyclic) bond motifs is 1. The molecule has 1 amide bonds. The second-order valence-corrected chi connectivity index (χ2v) is 7.50. The molecular weight excluding hydrogens is 382 g/mol. The van der Waals surface area contributed by atoms with Crippen molar-refractivity contribution in [3.05, 3.63) is 37.5 Å². The van der Waals surface area contributed by atoms with E-state index in [2.05, 4.69) is 10.2 Å². The molecule has 3 rings (SSSR count). The van der Waals surface area contributed by atoms with E-state index in [1.807, 2.05) is 6.07 Å². The molecule has 9 nitrogen and oxygen atoms in total. The monoisotopic (exact) mass is 401 g/mol. The van der Waals surface area contributed by atoms with Crippen LogP contribution in [0.15, 0.2) is 15.0 Å². The van der Waals surface area contributed by atoms with Gasteiger partial charge in [-0.15, -0.1) is 21.6 Å². The van der Waals surface area contributed by atoms with Gasteiger partial charge < -0.3 is 15.9 Å². The van der Waals surface area contributed by atoms with Crippen LogP contribution >= 0.6 is 11.3 Å². The van der Waals surface area contributed by atoms with Crippen molar-refractivity contribution in [2.24, 2.45) is 16.0 Å². The summed E-state index contributed by atoms with van der Waals surface area (Å²) < 4.78 is 0.869. The van der Waals surface area contributed by atoms with E-state index < -0.39 is 24.0 Å². The number of aromatic nitrogens is 1. The molecule has 10 heteroatoms. The summed E-state index contributed by atoms with van der Waals surface area (Å²) in [5.74, 6) is -1.12. The number of aromatic hydroxyl groups is 1. The van der Waals surface area contributed by atoms with Crippen LogP contribution in [0.25, 0.3) is 0 Å². The van der Waals surface area contributed by atoms with Gasteiger partial charge in [-0.05, 0) is 38.2 Å². The van der Waals surface area contributed by atoms with E-state index in [1.54, 1.807) is 0 Å². The van der Waals surface area contributed by atoms with E-state index in [0.717, 1.165) is 40.7 Å². The number of aliphatic hydroxyl groups is 1. The highest BCUT2D eigenvalue weighted by atomic mass is 32.1. The summed E-state index contributed by atoms with van der Waals surface area (Å²) in [5.41, 5.74) is 5.99. The minimum absolute atomic E-state index is 0.123. The lowest BCUT2D eigenvalue weighted by Crippen LogP contribution is -2.23. The van der Waals surface area contributed by atoms with Crippen molar-refractivity contribution in [1.82, 2.24) is 4.57 Å². The third kappa shape index (κ3) is 3.30. The van der Waals surface area contributed by atoms with Gasteiger partial charge >= 0.3 is 0 Å². The summed E-state index contributed by atoms with van der Waals surface area (Å²) in [6.45, 7) is 0.884. The molecule has 0 aromatic carbocycles. The summed E-state index contributed by atoms with van der Waals surface area (Å²) in [7, 11) is 0. The molecule has 0 bridgehead atoms. The molecule has 2 aromatic rings. The van der Waals surface area contributed by atoms with Crippen LogP contribution in [0.3, 0.4) is 0 Å². The highest BCUT2D eigenvalue weighted by Gasteiger charge is 2.24. The number of primary amides is 1. The van der Waals surface area contributed by atoms with Gasteiger partial charge in [-0.25, -0.2) is 0 Å². The van der Waals surface area contributed by atoms with Crippen molar-refractivity contribution in [1.29, 1.82) is 5.26 Å². The molecular formula is C18H19N5O4S. The smallest absolute Gasteiger partial charge is 0.281 e. The molecule has 0 fully saturated rings. The third-order valence-electron chi connectivity index (χ3n) is 4.73. The number of aryl methyl sites for hydroxylation is 1. The topological polar surface area (TPSA) is 154 Å². The molecule has 0 unspecified atom stereocenters. The lowest BCUT2D eigenvalue weighted by Gasteiger charge is -2.11. The Morgan fingerprint density at radius 3 is 2.71 bits per heavy atom. The average Bonchev–Trinajstić information content (AvgIpc) is 3.04. The largest absolute Gasteiger partial charge is 0.493 e. The van der Waals surface area contributed by atoms with E-state index in [9.17, 15) is 20.0 Å². The van der Waals surface area contributed by atoms with Crippen LogP contribution in [0.4, 0.5) is 10.7 Å². The number of rotatable bonds is 5. The zero-order valence-electron chi connectivity index (χ0n) is 15.2. The Balaban J connectivity index is 2.15. The second-order valence-electron chi connectivity index (χ2n) is 6.42. The van der Waals surface area contributed by atoms with Crippen LogP contribution in [0.1, 0.15) is 44.8 Å². The first-order valence-corrected chi connectivity index (χ1v) is 9.55. The number of thiophene rings is 1. The molecule has 2 heterocycles. The minimum atomic E-state index is -0.686. The number of carbonyl (C=O) groups is 1. The van der Waals surface area contributed by atoms with Gasteiger partial charge in [0.1, 0.15) is 11.6 Å². The molecule has 0 radical (unpaired) electrons. The van der Waals surface area contributed by atoms with Gasteiger partial charge in [0, 0.05) is 10.4 Å².